The largest absolute Gasteiger partial charge is 0.326 e. The maximum Gasteiger partial charge on any atom is 0.197 e. The van der Waals surface area contributed by atoms with Gasteiger partial charge in [0.1, 0.15) is 0 Å². The molecule has 3 nitrogen and oxygen atoms in total. The van der Waals surface area contributed by atoms with Gasteiger partial charge >= 0.3 is 0 Å². The predicted molar refractivity (Wildman–Crippen MR) is 129 cm³/mol. The van der Waals surface area contributed by atoms with Crippen LogP contribution in [0.5, 0.6) is 0 Å². The smallest absolute Gasteiger partial charge is 0.197 e. The van der Waals surface area contributed by atoms with Crippen molar-refractivity contribution in [2.75, 3.05) is 10.6 Å². The molecule has 0 aromatic heterocycles. The van der Waals surface area contributed by atoms with Gasteiger partial charge in [-0.3, -0.25) is 5.41 Å². The average Bonchev–Trinajstić information content (AvgIpc) is 3.20. The van der Waals surface area contributed by atoms with E-state index in [9.17, 15) is 0 Å². The molecule has 0 saturated heterocycles. The average molecular weight is 385 g/mol. The van der Waals surface area contributed by atoms with Crippen LogP contribution in [0.25, 0.3) is 44.5 Å². The van der Waals surface area contributed by atoms with Crippen molar-refractivity contribution in [3.63, 3.8) is 0 Å². The van der Waals surface area contributed by atoms with Gasteiger partial charge in [0.05, 0.1) is 0 Å². The molecule has 0 bridgehead atoms. The van der Waals surface area contributed by atoms with Crippen LogP contribution in [0.1, 0.15) is 11.1 Å². The zero-order valence-corrected chi connectivity index (χ0v) is 16.2. The van der Waals surface area contributed by atoms with Gasteiger partial charge in [0, 0.05) is 16.9 Å². The molecule has 0 aliphatic heterocycles. The summed E-state index contributed by atoms with van der Waals surface area (Å²) in [4.78, 5) is 0. The number of anilines is 2. The molecule has 5 aromatic carbocycles. The molecule has 0 radical (unpaired) electrons. The second-order valence-electron chi connectivity index (χ2n) is 7.69. The van der Waals surface area contributed by atoms with Crippen molar-refractivity contribution < 1.29 is 0 Å². The van der Waals surface area contributed by atoms with E-state index in [1.165, 1.54) is 32.5 Å². The second-order valence-corrected chi connectivity index (χ2v) is 7.69. The Bertz CT molecular complexity index is 1510. The lowest BCUT2D eigenvalue weighted by Gasteiger charge is -2.14. The summed E-state index contributed by atoms with van der Waals surface area (Å²) in [6.45, 7) is 0. The Morgan fingerprint density at radius 3 is 2.20 bits per heavy atom. The van der Waals surface area contributed by atoms with Crippen LogP contribution >= 0.6 is 0 Å². The van der Waals surface area contributed by atoms with E-state index in [1.54, 1.807) is 0 Å². The first-order chi connectivity index (χ1) is 14.7. The second kappa shape index (κ2) is 6.46. The summed E-state index contributed by atoms with van der Waals surface area (Å²) in [5.74, 6) is 0.253. The van der Waals surface area contributed by atoms with E-state index in [1.807, 2.05) is 12.1 Å². The van der Waals surface area contributed by atoms with Gasteiger partial charge < -0.3 is 10.6 Å². The topological polar surface area (TPSA) is 47.9 Å². The summed E-state index contributed by atoms with van der Waals surface area (Å²) in [5, 5.41) is 22.2. The molecule has 3 N–H and O–H groups in total. The van der Waals surface area contributed by atoms with Gasteiger partial charge in [-0.05, 0) is 68.2 Å². The quantitative estimate of drug-likeness (QED) is 0.169. The highest BCUT2D eigenvalue weighted by Gasteiger charge is 2.13. The summed E-state index contributed by atoms with van der Waals surface area (Å²) in [6, 6.07) is 29.5. The van der Waals surface area contributed by atoms with Gasteiger partial charge in [0.2, 0.25) is 0 Å². The fraction of sp³-hybridized carbons (Fsp3) is 0. The molecule has 0 spiro atoms. The normalized spacial score (nSPS) is 12.0. The molecular weight excluding hydrogens is 366 g/mol. The number of nitrogens with one attached hydrogen (secondary N) is 3. The molecule has 1 aliphatic rings. The van der Waals surface area contributed by atoms with Gasteiger partial charge in [-0.1, -0.05) is 66.7 Å². The van der Waals surface area contributed by atoms with Crippen LogP contribution in [-0.4, -0.2) is 5.96 Å². The molecule has 3 heteroatoms. The Balaban J connectivity index is 1.29. The number of hydrogen-bond acceptors (Lipinski definition) is 1. The molecule has 1 aliphatic carbocycles. The molecule has 0 saturated carbocycles. The minimum Gasteiger partial charge on any atom is -0.326 e. The molecule has 0 amide bonds. The monoisotopic (exact) mass is 385 g/mol. The van der Waals surface area contributed by atoms with Crippen molar-refractivity contribution in [1.29, 1.82) is 5.41 Å². The first-order valence-corrected chi connectivity index (χ1v) is 10.0. The van der Waals surface area contributed by atoms with Crippen LogP contribution in [-0.2, 0) is 0 Å². The summed E-state index contributed by atoms with van der Waals surface area (Å²) in [6.07, 6.45) is 4.25. The molecule has 6 rings (SSSR count). The van der Waals surface area contributed by atoms with Gasteiger partial charge in [-0.25, -0.2) is 0 Å². The van der Waals surface area contributed by atoms with E-state index < -0.39 is 0 Å². The Hall–Kier alpha value is -4.11. The van der Waals surface area contributed by atoms with Crippen LogP contribution in [0.4, 0.5) is 11.4 Å². The highest BCUT2D eigenvalue weighted by atomic mass is 15.1. The van der Waals surface area contributed by atoms with Crippen LogP contribution < -0.4 is 10.6 Å². The van der Waals surface area contributed by atoms with Crippen molar-refractivity contribution in [2.45, 2.75) is 0 Å². The molecular formula is C27H19N3. The van der Waals surface area contributed by atoms with Crippen LogP contribution in [0.2, 0.25) is 0 Å². The molecule has 30 heavy (non-hydrogen) atoms. The zero-order valence-electron chi connectivity index (χ0n) is 16.2. The molecule has 0 fully saturated rings. The van der Waals surface area contributed by atoms with E-state index in [2.05, 4.69) is 95.6 Å². The van der Waals surface area contributed by atoms with Crippen LogP contribution in [0, 0.1) is 5.41 Å². The Morgan fingerprint density at radius 2 is 1.33 bits per heavy atom. The van der Waals surface area contributed by atoms with E-state index >= 15 is 0 Å². The minimum absolute atomic E-state index is 0.253. The van der Waals surface area contributed by atoms with Gasteiger partial charge in [-0.2, -0.15) is 0 Å². The zero-order chi connectivity index (χ0) is 20.1. The fourth-order valence-electron chi connectivity index (χ4n) is 4.36. The Kier molecular flexibility index (Phi) is 3.62. The van der Waals surface area contributed by atoms with Crippen LogP contribution in [0.15, 0.2) is 84.9 Å². The molecule has 0 heterocycles. The number of hydrogen-bond donors (Lipinski definition) is 3. The lowest BCUT2D eigenvalue weighted by Crippen LogP contribution is -2.20. The summed E-state index contributed by atoms with van der Waals surface area (Å²) in [5.41, 5.74) is 4.20. The fourth-order valence-corrected chi connectivity index (χ4v) is 4.36. The lowest BCUT2D eigenvalue weighted by molar-refractivity contribution is 1.43. The van der Waals surface area contributed by atoms with Crippen molar-refractivity contribution >= 4 is 61.8 Å². The van der Waals surface area contributed by atoms with Crippen molar-refractivity contribution in [3.05, 3.63) is 96.1 Å². The lowest BCUT2D eigenvalue weighted by atomic mass is 10.0. The van der Waals surface area contributed by atoms with Crippen molar-refractivity contribution in [3.8, 4) is 0 Å². The highest BCUT2D eigenvalue weighted by molar-refractivity contribution is 6.12. The summed E-state index contributed by atoms with van der Waals surface area (Å²) in [7, 11) is 0. The molecule has 5 aromatic rings. The summed E-state index contributed by atoms with van der Waals surface area (Å²) < 4.78 is 0. The van der Waals surface area contributed by atoms with E-state index in [-0.39, 0.29) is 5.96 Å². The van der Waals surface area contributed by atoms with Crippen molar-refractivity contribution in [1.82, 2.24) is 0 Å². The van der Waals surface area contributed by atoms with Gasteiger partial charge in [-0.15, -0.1) is 0 Å². The standard InChI is InChI=1S/C27H19N3/c28-27(30-25-13-10-18-7-3-6-17-9-12-24(25)26(17)18)29-23-11-8-21-14-19-4-1-2-5-20(19)15-22(21)16-23/h1-16H,(H3,28,29,30). The maximum atomic E-state index is 8.45. The maximum absolute atomic E-state index is 8.45. The van der Waals surface area contributed by atoms with Crippen molar-refractivity contribution in [2.24, 2.45) is 0 Å². The van der Waals surface area contributed by atoms with E-state index in [0.29, 0.717) is 0 Å². The first-order valence-electron chi connectivity index (χ1n) is 10.0. The van der Waals surface area contributed by atoms with E-state index in [4.69, 9.17) is 5.41 Å². The number of fused-ring (bicyclic) bond motifs is 2. The highest BCUT2D eigenvalue weighted by Crippen LogP contribution is 2.36. The molecule has 142 valence electrons. The number of benzene rings is 5. The van der Waals surface area contributed by atoms with Crippen LogP contribution in [0.3, 0.4) is 0 Å². The Labute approximate surface area is 174 Å². The number of rotatable bonds is 2. The first kappa shape index (κ1) is 16.8. The van der Waals surface area contributed by atoms with E-state index in [0.717, 1.165) is 22.3 Å². The predicted octanol–water partition coefficient (Wildman–Crippen LogP) is 7.09. The Morgan fingerprint density at radius 1 is 0.600 bits per heavy atom. The third kappa shape index (κ3) is 2.72. The third-order valence-corrected chi connectivity index (χ3v) is 5.78. The summed E-state index contributed by atoms with van der Waals surface area (Å²) >= 11 is 0. The third-order valence-electron chi connectivity index (χ3n) is 5.78. The number of guanidine groups is 1. The SMILES string of the molecule is N=C(Nc1ccc2cc3ccccc3cc2c1)Nc1ccc2cccc3c2c1C=C3. The van der Waals surface area contributed by atoms with Gasteiger partial charge in [0.25, 0.3) is 0 Å². The molecule has 0 unspecified atom stereocenters. The van der Waals surface area contributed by atoms with Gasteiger partial charge in [0.15, 0.2) is 5.96 Å². The molecule has 0 atom stereocenters. The minimum atomic E-state index is 0.253.